The molecule has 0 aliphatic heterocycles. The number of hydrogen-bond acceptors (Lipinski definition) is 6. The Balaban J connectivity index is 1.85. The summed E-state index contributed by atoms with van der Waals surface area (Å²) < 4.78 is 4.91. The fourth-order valence-corrected chi connectivity index (χ4v) is 2.72. The van der Waals surface area contributed by atoms with Crippen molar-refractivity contribution >= 4 is 23.3 Å². The topological polar surface area (TPSA) is 125 Å². The number of nitro groups is 1. The van der Waals surface area contributed by atoms with Gasteiger partial charge in [-0.05, 0) is 43.7 Å². The van der Waals surface area contributed by atoms with Crippen LogP contribution >= 0.6 is 0 Å². The van der Waals surface area contributed by atoms with Crippen molar-refractivity contribution in [1.82, 2.24) is 5.32 Å². The van der Waals surface area contributed by atoms with Crippen LogP contribution < -0.4 is 11.1 Å². The Bertz CT molecular complexity index is 639. The van der Waals surface area contributed by atoms with E-state index in [1.807, 2.05) is 0 Å². The first-order chi connectivity index (χ1) is 11.4. The van der Waals surface area contributed by atoms with Crippen LogP contribution in [0.5, 0.6) is 0 Å². The molecule has 0 bridgehead atoms. The van der Waals surface area contributed by atoms with Crippen molar-refractivity contribution in [3.8, 4) is 0 Å². The number of hydrogen-bond donors (Lipinski definition) is 2. The summed E-state index contributed by atoms with van der Waals surface area (Å²) in [7, 11) is 0. The summed E-state index contributed by atoms with van der Waals surface area (Å²) in [6.07, 6.45) is 3.98. The first-order valence-electron chi connectivity index (χ1n) is 7.87. The molecule has 0 saturated heterocycles. The Hall–Kier alpha value is -2.64. The van der Waals surface area contributed by atoms with Crippen molar-refractivity contribution in [2.24, 2.45) is 5.92 Å². The highest BCUT2D eigenvalue weighted by Crippen LogP contribution is 2.24. The smallest absolute Gasteiger partial charge is 0.338 e. The molecule has 1 fully saturated rings. The number of ether oxygens (including phenoxy) is 1. The van der Waals surface area contributed by atoms with E-state index >= 15 is 0 Å². The van der Waals surface area contributed by atoms with Gasteiger partial charge in [-0.1, -0.05) is 6.92 Å². The lowest BCUT2D eigenvalue weighted by Crippen LogP contribution is -2.39. The van der Waals surface area contributed by atoms with Crippen molar-refractivity contribution < 1.29 is 19.2 Å². The fourth-order valence-electron chi connectivity index (χ4n) is 2.72. The van der Waals surface area contributed by atoms with Crippen LogP contribution in [0.15, 0.2) is 18.2 Å². The van der Waals surface area contributed by atoms with Crippen molar-refractivity contribution in [1.29, 1.82) is 0 Å². The van der Waals surface area contributed by atoms with Gasteiger partial charge in [-0.3, -0.25) is 14.9 Å². The number of nitrogens with zero attached hydrogens (tertiary/aromatic N) is 1. The Kier molecular flexibility index (Phi) is 5.73. The Morgan fingerprint density at radius 1 is 1.33 bits per heavy atom. The van der Waals surface area contributed by atoms with E-state index in [1.54, 1.807) is 0 Å². The van der Waals surface area contributed by atoms with Crippen LogP contribution in [0.2, 0.25) is 0 Å². The summed E-state index contributed by atoms with van der Waals surface area (Å²) in [5, 5.41) is 13.7. The number of nitrogen functional groups attached to an aromatic ring is 1. The molecule has 2 rings (SSSR count). The minimum Gasteiger partial charge on any atom is -0.452 e. The maximum absolute atomic E-state index is 11.9. The molecule has 3 N–H and O–H groups in total. The van der Waals surface area contributed by atoms with Gasteiger partial charge in [-0.2, -0.15) is 0 Å². The Morgan fingerprint density at radius 3 is 2.62 bits per heavy atom. The molecule has 8 heteroatoms. The van der Waals surface area contributed by atoms with Gasteiger partial charge in [0.05, 0.1) is 10.5 Å². The number of nitro benzene ring substituents is 1. The van der Waals surface area contributed by atoms with Gasteiger partial charge >= 0.3 is 5.97 Å². The Labute approximate surface area is 139 Å². The van der Waals surface area contributed by atoms with E-state index in [0.717, 1.165) is 31.7 Å². The molecule has 1 aromatic rings. The minimum absolute atomic E-state index is 0.0183. The predicted molar refractivity (Wildman–Crippen MR) is 87.4 cm³/mol. The summed E-state index contributed by atoms with van der Waals surface area (Å²) in [6.45, 7) is 1.77. The number of anilines is 1. The quantitative estimate of drug-likeness (QED) is 0.367. The molecule has 1 aliphatic carbocycles. The van der Waals surface area contributed by atoms with E-state index in [0.29, 0.717) is 5.92 Å². The zero-order valence-corrected chi connectivity index (χ0v) is 13.5. The molecule has 0 radical (unpaired) electrons. The second-order valence-corrected chi connectivity index (χ2v) is 6.13. The number of benzene rings is 1. The largest absolute Gasteiger partial charge is 0.452 e. The molecule has 130 valence electrons. The highest BCUT2D eigenvalue weighted by atomic mass is 16.6. The number of esters is 1. The molecule has 1 amide bonds. The van der Waals surface area contributed by atoms with Gasteiger partial charge in [-0.15, -0.1) is 0 Å². The van der Waals surface area contributed by atoms with Crippen LogP contribution in [0.3, 0.4) is 0 Å². The van der Waals surface area contributed by atoms with Gasteiger partial charge in [-0.25, -0.2) is 4.79 Å². The van der Waals surface area contributed by atoms with Gasteiger partial charge < -0.3 is 15.8 Å². The molecule has 0 aromatic heterocycles. The number of amides is 1. The molecular formula is C16H21N3O5. The summed E-state index contributed by atoms with van der Waals surface area (Å²) >= 11 is 0. The fraction of sp³-hybridized carbons (Fsp3) is 0.500. The molecule has 1 saturated carbocycles. The summed E-state index contributed by atoms with van der Waals surface area (Å²) in [6, 6.07) is 3.74. The highest BCUT2D eigenvalue weighted by molar-refractivity contribution is 5.92. The molecule has 0 heterocycles. The lowest BCUT2D eigenvalue weighted by molar-refractivity contribution is -0.383. The highest BCUT2D eigenvalue weighted by Gasteiger charge is 2.21. The van der Waals surface area contributed by atoms with Crippen LogP contribution in [-0.4, -0.2) is 29.4 Å². The van der Waals surface area contributed by atoms with Crippen LogP contribution in [0, 0.1) is 16.0 Å². The lowest BCUT2D eigenvalue weighted by Gasteiger charge is -2.26. The first kappa shape index (κ1) is 17.7. The third-order valence-corrected chi connectivity index (χ3v) is 4.18. The second kappa shape index (κ2) is 7.76. The maximum atomic E-state index is 11.9. The van der Waals surface area contributed by atoms with Crippen LogP contribution in [0.4, 0.5) is 11.4 Å². The van der Waals surface area contributed by atoms with E-state index in [4.69, 9.17) is 10.5 Å². The second-order valence-electron chi connectivity index (χ2n) is 6.13. The van der Waals surface area contributed by atoms with Crippen LogP contribution in [0.1, 0.15) is 43.0 Å². The molecule has 0 atom stereocenters. The molecule has 1 aliphatic rings. The van der Waals surface area contributed by atoms with Crippen molar-refractivity contribution in [2.45, 2.75) is 38.6 Å². The van der Waals surface area contributed by atoms with Crippen LogP contribution in [0.25, 0.3) is 0 Å². The van der Waals surface area contributed by atoms with Crippen molar-refractivity contribution in [2.75, 3.05) is 12.3 Å². The zero-order valence-electron chi connectivity index (χ0n) is 13.5. The minimum atomic E-state index is -0.800. The third kappa shape index (κ3) is 4.68. The average Bonchev–Trinajstić information content (AvgIpc) is 2.55. The van der Waals surface area contributed by atoms with Gasteiger partial charge in [0.25, 0.3) is 11.6 Å². The van der Waals surface area contributed by atoms with Gasteiger partial charge in [0.1, 0.15) is 5.69 Å². The molecule has 0 spiro atoms. The maximum Gasteiger partial charge on any atom is 0.338 e. The van der Waals surface area contributed by atoms with E-state index in [9.17, 15) is 19.7 Å². The van der Waals surface area contributed by atoms with Gasteiger partial charge in [0.15, 0.2) is 6.61 Å². The SMILES string of the molecule is CC1CCC(NC(=O)COC(=O)c2ccc(N)c([N+](=O)[O-])c2)CC1. The van der Waals surface area contributed by atoms with Crippen molar-refractivity contribution in [3.05, 3.63) is 33.9 Å². The number of carbonyl (C=O) groups excluding carboxylic acids is 2. The monoisotopic (exact) mass is 335 g/mol. The Morgan fingerprint density at radius 2 is 2.00 bits per heavy atom. The zero-order chi connectivity index (χ0) is 17.7. The molecular weight excluding hydrogens is 314 g/mol. The average molecular weight is 335 g/mol. The standard InChI is InChI=1S/C16H21N3O5/c1-10-2-5-12(6-3-10)18-15(20)9-24-16(21)11-4-7-13(17)14(8-11)19(22)23/h4,7-8,10,12H,2-3,5-6,9,17H2,1H3,(H,18,20). The number of nitrogens with two attached hydrogens (primary N) is 1. The summed E-state index contributed by atoms with van der Waals surface area (Å²) in [4.78, 5) is 33.9. The molecule has 8 nitrogen and oxygen atoms in total. The van der Waals surface area contributed by atoms with E-state index in [2.05, 4.69) is 12.2 Å². The molecule has 24 heavy (non-hydrogen) atoms. The normalized spacial score (nSPS) is 20.2. The first-order valence-corrected chi connectivity index (χ1v) is 7.87. The number of rotatable bonds is 5. The lowest BCUT2D eigenvalue weighted by atomic mass is 9.87. The van der Waals surface area contributed by atoms with Crippen molar-refractivity contribution in [3.63, 3.8) is 0 Å². The van der Waals surface area contributed by atoms with Gasteiger partial charge in [0, 0.05) is 12.1 Å². The predicted octanol–water partition coefficient (Wildman–Crippen LogP) is 2.03. The van der Waals surface area contributed by atoms with E-state index in [-0.39, 0.29) is 28.9 Å². The number of carbonyl (C=O) groups is 2. The molecule has 0 unspecified atom stereocenters. The third-order valence-electron chi connectivity index (χ3n) is 4.18. The number of nitrogens with one attached hydrogen (secondary N) is 1. The van der Waals surface area contributed by atoms with Crippen LogP contribution in [-0.2, 0) is 9.53 Å². The molecule has 1 aromatic carbocycles. The van der Waals surface area contributed by atoms with Gasteiger partial charge in [0.2, 0.25) is 0 Å². The van der Waals surface area contributed by atoms with E-state index in [1.165, 1.54) is 12.1 Å². The summed E-state index contributed by atoms with van der Waals surface area (Å²) in [5.41, 5.74) is 5.04. The summed E-state index contributed by atoms with van der Waals surface area (Å²) in [5.74, 6) is -0.490. The van der Waals surface area contributed by atoms with E-state index < -0.39 is 17.5 Å².